The summed E-state index contributed by atoms with van der Waals surface area (Å²) >= 11 is 0. The van der Waals surface area contributed by atoms with Gasteiger partial charge in [0.05, 0.1) is 29.2 Å². The van der Waals surface area contributed by atoms with E-state index in [4.69, 9.17) is 4.98 Å². The van der Waals surface area contributed by atoms with Crippen molar-refractivity contribution in [3.63, 3.8) is 0 Å². The molecule has 0 saturated heterocycles. The van der Waals surface area contributed by atoms with Crippen molar-refractivity contribution in [2.24, 2.45) is 0 Å². The molecule has 29 heavy (non-hydrogen) atoms. The van der Waals surface area contributed by atoms with E-state index in [2.05, 4.69) is 19.1 Å². The molecular weight excluding hydrogens is 386 g/mol. The first-order chi connectivity index (χ1) is 14.0. The standard InChI is InChI=1S/C21H23N5O2S/c1-29(27,28)25-16-9-7-14(8-10-16)19-18-13-23-20-17(11-12-22-20)26(18)21(24-19)15-5-3-2-4-6-15/h7-13,15,22,25H,2-6H2,1H3. The molecule has 1 aromatic carbocycles. The van der Waals surface area contributed by atoms with Crippen LogP contribution in [0.1, 0.15) is 43.8 Å². The molecule has 0 aliphatic heterocycles. The summed E-state index contributed by atoms with van der Waals surface area (Å²) in [4.78, 5) is 12.9. The lowest BCUT2D eigenvalue weighted by atomic mass is 9.89. The van der Waals surface area contributed by atoms with E-state index in [1.165, 1.54) is 19.3 Å². The van der Waals surface area contributed by atoms with Gasteiger partial charge in [0.25, 0.3) is 0 Å². The first-order valence-electron chi connectivity index (χ1n) is 9.92. The molecule has 0 amide bonds. The first kappa shape index (κ1) is 18.2. The Balaban J connectivity index is 1.66. The fraction of sp³-hybridized carbons (Fsp3) is 0.333. The van der Waals surface area contributed by atoms with Crippen LogP contribution in [-0.2, 0) is 10.0 Å². The van der Waals surface area contributed by atoms with Crippen LogP contribution in [0.3, 0.4) is 0 Å². The molecule has 1 aliphatic rings. The van der Waals surface area contributed by atoms with Crippen LogP contribution in [-0.4, -0.2) is 34.0 Å². The normalized spacial score (nSPS) is 15.9. The first-order valence-corrected chi connectivity index (χ1v) is 11.8. The number of sulfonamides is 1. The number of nitrogens with one attached hydrogen (secondary N) is 2. The van der Waals surface area contributed by atoms with E-state index < -0.39 is 10.0 Å². The van der Waals surface area contributed by atoms with Crippen molar-refractivity contribution in [1.82, 2.24) is 19.4 Å². The number of hydrogen-bond donors (Lipinski definition) is 2. The third-order valence-corrected chi connectivity index (χ3v) is 6.24. The number of hydrogen-bond acceptors (Lipinski definition) is 4. The minimum atomic E-state index is -3.30. The molecule has 3 heterocycles. The van der Waals surface area contributed by atoms with E-state index in [1.807, 2.05) is 30.6 Å². The quantitative estimate of drug-likeness (QED) is 0.526. The second kappa shape index (κ2) is 6.88. The Kier molecular flexibility index (Phi) is 4.31. The van der Waals surface area contributed by atoms with Crippen LogP contribution in [0.25, 0.3) is 27.9 Å². The Morgan fingerprint density at radius 3 is 2.55 bits per heavy atom. The summed E-state index contributed by atoms with van der Waals surface area (Å²) in [5, 5.41) is 0. The third kappa shape index (κ3) is 3.37. The zero-order chi connectivity index (χ0) is 20.0. The largest absolute Gasteiger partial charge is 0.345 e. The van der Waals surface area contributed by atoms with Crippen molar-refractivity contribution in [2.75, 3.05) is 11.0 Å². The van der Waals surface area contributed by atoms with Gasteiger partial charge in [-0.2, -0.15) is 0 Å². The van der Waals surface area contributed by atoms with Crippen LogP contribution in [0, 0.1) is 0 Å². The average Bonchev–Trinajstić information content (AvgIpc) is 3.32. The smallest absolute Gasteiger partial charge is 0.229 e. The Morgan fingerprint density at radius 1 is 1.07 bits per heavy atom. The predicted molar refractivity (Wildman–Crippen MR) is 115 cm³/mol. The highest BCUT2D eigenvalue weighted by Crippen LogP contribution is 2.36. The number of aromatic nitrogens is 4. The summed E-state index contributed by atoms with van der Waals surface area (Å²) in [5.74, 6) is 1.54. The molecule has 0 spiro atoms. The maximum atomic E-state index is 11.5. The molecule has 1 saturated carbocycles. The Morgan fingerprint density at radius 2 is 1.83 bits per heavy atom. The summed E-state index contributed by atoms with van der Waals surface area (Å²) in [6, 6.07) is 9.39. The van der Waals surface area contributed by atoms with Crippen molar-refractivity contribution in [1.29, 1.82) is 0 Å². The Hall–Kier alpha value is -2.87. The van der Waals surface area contributed by atoms with Gasteiger partial charge in [-0.3, -0.25) is 9.12 Å². The van der Waals surface area contributed by atoms with Gasteiger partial charge in [0.15, 0.2) is 5.65 Å². The van der Waals surface area contributed by atoms with E-state index in [0.717, 1.165) is 52.9 Å². The van der Waals surface area contributed by atoms with Gasteiger partial charge in [-0.15, -0.1) is 0 Å². The molecule has 0 radical (unpaired) electrons. The van der Waals surface area contributed by atoms with Gasteiger partial charge in [0, 0.05) is 23.4 Å². The van der Waals surface area contributed by atoms with Crippen molar-refractivity contribution in [3.05, 3.63) is 48.5 Å². The summed E-state index contributed by atoms with van der Waals surface area (Å²) in [6.45, 7) is 0. The summed E-state index contributed by atoms with van der Waals surface area (Å²) in [5.41, 5.74) is 5.23. The van der Waals surface area contributed by atoms with Crippen molar-refractivity contribution >= 4 is 32.4 Å². The van der Waals surface area contributed by atoms with Crippen LogP contribution < -0.4 is 4.72 Å². The minimum Gasteiger partial charge on any atom is -0.345 e. The predicted octanol–water partition coefficient (Wildman–Crippen LogP) is 4.30. The lowest BCUT2D eigenvalue weighted by Gasteiger charge is -2.20. The SMILES string of the molecule is CS(=O)(=O)Nc1ccc(-c2nc(C3CCCCC3)n3c2cnc2[nH]ccc23)cc1. The molecule has 8 heteroatoms. The highest BCUT2D eigenvalue weighted by molar-refractivity contribution is 7.92. The number of nitrogens with zero attached hydrogens (tertiary/aromatic N) is 3. The highest BCUT2D eigenvalue weighted by atomic mass is 32.2. The molecule has 7 nitrogen and oxygen atoms in total. The van der Waals surface area contributed by atoms with Gasteiger partial charge >= 0.3 is 0 Å². The number of fused-ring (bicyclic) bond motifs is 3. The molecule has 4 aromatic rings. The van der Waals surface area contributed by atoms with Crippen LogP contribution in [0.2, 0.25) is 0 Å². The number of rotatable bonds is 4. The molecule has 0 atom stereocenters. The summed E-state index contributed by atoms with van der Waals surface area (Å²) in [7, 11) is -3.30. The molecular formula is C21H23N5O2S. The molecule has 1 fully saturated rings. The molecule has 0 unspecified atom stereocenters. The van der Waals surface area contributed by atoms with Gasteiger partial charge in [-0.05, 0) is 31.0 Å². The molecule has 0 bridgehead atoms. The van der Waals surface area contributed by atoms with Crippen LogP contribution in [0.4, 0.5) is 5.69 Å². The van der Waals surface area contributed by atoms with Gasteiger partial charge < -0.3 is 4.98 Å². The van der Waals surface area contributed by atoms with Crippen molar-refractivity contribution in [3.8, 4) is 11.3 Å². The third-order valence-electron chi connectivity index (χ3n) is 5.63. The van der Waals surface area contributed by atoms with E-state index in [0.29, 0.717) is 11.6 Å². The fourth-order valence-corrected chi connectivity index (χ4v) is 4.91. The van der Waals surface area contributed by atoms with Crippen LogP contribution >= 0.6 is 0 Å². The fourth-order valence-electron chi connectivity index (χ4n) is 4.34. The maximum Gasteiger partial charge on any atom is 0.229 e. The second-order valence-corrected chi connectivity index (χ2v) is 9.54. The number of benzene rings is 1. The van der Waals surface area contributed by atoms with E-state index in [9.17, 15) is 8.42 Å². The molecule has 150 valence electrons. The maximum absolute atomic E-state index is 11.5. The zero-order valence-corrected chi connectivity index (χ0v) is 17.0. The molecule has 1 aliphatic carbocycles. The number of imidazole rings is 1. The van der Waals surface area contributed by atoms with Crippen LogP contribution in [0.15, 0.2) is 42.7 Å². The van der Waals surface area contributed by atoms with Gasteiger partial charge in [-0.25, -0.2) is 18.4 Å². The highest BCUT2D eigenvalue weighted by Gasteiger charge is 2.24. The minimum absolute atomic E-state index is 0.441. The lowest BCUT2D eigenvalue weighted by molar-refractivity contribution is 0.429. The van der Waals surface area contributed by atoms with E-state index in [-0.39, 0.29) is 0 Å². The van der Waals surface area contributed by atoms with Gasteiger partial charge in [0.1, 0.15) is 5.82 Å². The zero-order valence-electron chi connectivity index (χ0n) is 16.2. The van der Waals surface area contributed by atoms with Gasteiger partial charge in [-0.1, -0.05) is 31.4 Å². The lowest BCUT2D eigenvalue weighted by Crippen LogP contribution is -2.09. The monoisotopic (exact) mass is 409 g/mol. The number of H-pyrrole nitrogens is 1. The van der Waals surface area contributed by atoms with Crippen molar-refractivity contribution < 1.29 is 8.42 Å². The average molecular weight is 410 g/mol. The summed E-state index contributed by atoms with van der Waals surface area (Å²) < 4.78 is 27.7. The molecule has 2 N–H and O–H groups in total. The summed E-state index contributed by atoms with van der Waals surface area (Å²) in [6.07, 6.45) is 11.0. The molecule has 3 aromatic heterocycles. The van der Waals surface area contributed by atoms with Crippen molar-refractivity contribution in [2.45, 2.75) is 38.0 Å². The number of anilines is 1. The topological polar surface area (TPSA) is 92.2 Å². The number of aromatic amines is 1. The Labute approximate surface area is 169 Å². The van der Waals surface area contributed by atoms with E-state index >= 15 is 0 Å². The van der Waals surface area contributed by atoms with Gasteiger partial charge in [0.2, 0.25) is 10.0 Å². The van der Waals surface area contributed by atoms with E-state index in [1.54, 1.807) is 12.1 Å². The second-order valence-electron chi connectivity index (χ2n) is 7.80. The molecule has 5 rings (SSSR count). The Bertz CT molecular complexity index is 1280. The van der Waals surface area contributed by atoms with Crippen LogP contribution in [0.5, 0.6) is 0 Å².